The van der Waals surface area contributed by atoms with Gasteiger partial charge in [0.25, 0.3) is 5.91 Å². The number of amides is 1. The van der Waals surface area contributed by atoms with E-state index in [1.807, 2.05) is 0 Å². The predicted octanol–water partition coefficient (Wildman–Crippen LogP) is 0.474. The highest BCUT2D eigenvalue weighted by Crippen LogP contribution is 1.99. The Labute approximate surface area is 74.0 Å². The molecule has 13 heavy (non-hydrogen) atoms. The molecule has 0 aliphatic heterocycles. The third-order valence-corrected chi connectivity index (χ3v) is 1.30. The first-order chi connectivity index (χ1) is 6.24. The van der Waals surface area contributed by atoms with Crippen LogP contribution in [0.5, 0.6) is 0 Å². The van der Waals surface area contributed by atoms with E-state index in [0.29, 0.717) is 0 Å². The van der Waals surface area contributed by atoms with Crippen molar-refractivity contribution in [3.8, 4) is 6.07 Å². The molecule has 1 heterocycles. The van der Waals surface area contributed by atoms with Crippen molar-refractivity contribution >= 4 is 5.91 Å². The molecule has 0 radical (unpaired) electrons. The number of nitriles is 1. The van der Waals surface area contributed by atoms with Crippen molar-refractivity contribution < 1.29 is 9.18 Å². The molecule has 0 spiro atoms. The molecule has 4 nitrogen and oxygen atoms in total. The Bertz CT molecular complexity index is 359. The Balaban J connectivity index is 2.72. The lowest BCUT2D eigenvalue weighted by Crippen LogP contribution is -2.23. The van der Waals surface area contributed by atoms with Gasteiger partial charge in [-0.3, -0.25) is 9.78 Å². The number of nitrogens with zero attached hydrogens (tertiary/aromatic N) is 2. The Morgan fingerprint density at radius 2 is 2.46 bits per heavy atom. The Hall–Kier alpha value is -1.96. The zero-order valence-electron chi connectivity index (χ0n) is 6.62. The zero-order chi connectivity index (χ0) is 9.68. The Morgan fingerprint density at radius 1 is 1.69 bits per heavy atom. The maximum absolute atomic E-state index is 12.5. The summed E-state index contributed by atoms with van der Waals surface area (Å²) in [5.41, 5.74) is 0.107. The van der Waals surface area contributed by atoms with Gasteiger partial charge >= 0.3 is 0 Å². The highest BCUT2D eigenvalue weighted by atomic mass is 19.1. The molecule has 0 saturated heterocycles. The number of aromatic nitrogens is 1. The quantitative estimate of drug-likeness (QED) is 0.671. The molecule has 0 saturated carbocycles. The molecule has 1 N–H and O–H groups in total. The molecule has 1 aromatic heterocycles. The number of rotatable bonds is 2. The summed E-state index contributed by atoms with van der Waals surface area (Å²) in [6.45, 7) is -0.102. The van der Waals surface area contributed by atoms with Crippen molar-refractivity contribution in [2.24, 2.45) is 0 Å². The minimum atomic E-state index is -0.579. The normalized spacial score (nSPS) is 8.92. The van der Waals surface area contributed by atoms with Gasteiger partial charge < -0.3 is 5.32 Å². The van der Waals surface area contributed by atoms with Crippen LogP contribution in [0.1, 0.15) is 10.4 Å². The number of hydrogen-bond acceptors (Lipinski definition) is 3. The molecule has 66 valence electrons. The molecule has 0 aliphatic rings. The second-order valence-corrected chi connectivity index (χ2v) is 2.23. The summed E-state index contributed by atoms with van der Waals surface area (Å²) in [5.74, 6) is -1.09. The monoisotopic (exact) mass is 179 g/mol. The van der Waals surface area contributed by atoms with E-state index in [4.69, 9.17) is 5.26 Å². The molecule has 5 heteroatoms. The van der Waals surface area contributed by atoms with Gasteiger partial charge in [-0.05, 0) is 6.07 Å². The first-order valence-electron chi connectivity index (χ1n) is 3.49. The molecule has 1 aromatic rings. The van der Waals surface area contributed by atoms with Gasteiger partial charge in [-0.25, -0.2) is 4.39 Å². The molecule has 0 aromatic carbocycles. The van der Waals surface area contributed by atoms with Crippen molar-refractivity contribution in [1.29, 1.82) is 5.26 Å². The van der Waals surface area contributed by atoms with Crippen LogP contribution in [0.3, 0.4) is 0 Å². The molecular weight excluding hydrogens is 173 g/mol. The van der Waals surface area contributed by atoms with Crippen LogP contribution in [0.25, 0.3) is 0 Å². The predicted molar refractivity (Wildman–Crippen MR) is 42.1 cm³/mol. The Morgan fingerprint density at radius 3 is 3.08 bits per heavy atom. The first-order valence-corrected chi connectivity index (χ1v) is 3.49. The SMILES string of the molecule is N#CCNC(=O)c1cncc(F)c1. The number of pyridine rings is 1. The van der Waals surface area contributed by atoms with E-state index in [1.165, 1.54) is 6.20 Å². The second-order valence-electron chi connectivity index (χ2n) is 2.23. The van der Waals surface area contributed by atoms with Crippen LogP contribution < -0.4 is 5.32 Å². The van der Waals surface area contributed by atoms with Crippen LogP contribution in [-0.2, 0) is 0 Å². The van der Waals surface area contributed by atoms with Gasteiger partial charge in [-0.2, -0.15) is 5.26 Å². The summed E-state index contributed by atoms with van der Waals surface area (Å²) in [6.07, 6.45) is 2.23. The number of carbonyl (C=O) groups excluding carboxylic acids is 1. The summed E-state index contributed by atoms with van der Waals surface area (Å²) in [6, 6.07) is 2.79. The maximum Gasteiger partial charge on any atom is 0.253 e. The van der Waals surface area contributed by atoms with Crippen molar-refractivity contribution in [2.45, 2.75) is 0 Å². The molecule has 0 atom stereocenters. The average Bonchev–Trinajstić information content (AvgIpc) is 2.14. The fourth-order valence-corrected chi connectivity index (χ4v) is 0.758. The van der Waals surface area contributed by atoms with Crippen molar-refractivity contribution in [3.63, 3.8) is 0 Å². The van der Waals surface area contributed by atoms with Gasteiger partial charge in [0.15, 0.2) is 0 Å². The average molecular weight is 179 g/mol. The summed E-state index contributed by atoms with van der Waals surface area (Å²) in [4.78, 5) is 14.6. The third kappa shape index (κ3) is 2.52. The van der Waals surface area contributed by atoms with E-state index < -0.39 is 11.7 Å². The van der Waals surface area contributed by atoms with Crippen LogP contribution in [-0.4, -0.2) is 17.4 Å². The number of halogens is 1. The van der Waals surface area contributed by atoms with Crippen LogP contribution in [0, 0.1) is 17.1 Å². The van der Waals surface area contributed by atoms with Crippen LogP contribution >= 0.6 is 0 Å². The number of hydrogen-bond donors (Lipinski definition) is 1. The molecule has 1 rings (SSSR count). The molecule has 0 bridgehead atoms. The van der Waals surface area contributed by atoms with Gasteiger partial charge in [0.2, 0.25) is 0 Å². The van der Waals surface area contributed by atoms with E-state index in [-0.39, 0.29) is 12.1 Å². The fourth-order valence-electron chi connectivity index (χ4n) is 0.758. The minimum Gasteiger partial charge on any atom is -0.339 e. The molecule has 0 fully saturated rings. The lowest BCUT2D eigenvalue weighted by molar-refractivity contribution is 0.0957. The van der Waals surface area contributed by atoms with E-state index in [2.05, 4.69) is 10.3 Å². The molecule has 0 unspecified atom stereocenters. The van der Waals surface area contributed by atoms with E-state index in [1.54, 1.807) is 6.07 Å². The van der Waals surface area contributed by atoms with E-state index in [0.717, 1.165) is 12.3 Å². The minimum absolute atomic E-state index is 0.102. The van der Waals surface area contributed by atoms with E-state index in [9.17, 15) is 9.18 Å². The van der Waals surface area contributed by atoms with Gasteiger partial charge in [0.05, 0.1) is 17.8 Å². The van der Waals surface area contributed by atoms with Gasteiger partial charge in [0, 0.05) is 6.20 Å². The summed E-state index contributed by atoms with van der Waals surface area (Å²) in [5, 5.41) is 10.4. The van der Waals surface area contributed by atoms with Gasteiger partial charge in [-0.1, -0.05) is 0 Å². The summed E-state index contributed by atoms with van der Waals surface area (Å²) < 4.78 is 12.5. The van der Waals surface area contributed by atoms with Crippen molar-refractivity contribution in [3.05, 3.63) is 29.8 Å². The lowest BCUT2D eigenvalue weighted by Gasteiger charge is -1.99. The second kappa shape index (κ2) is 4.16. The largest absolute Gasteiger partial charge is 0.339 e. The lowest BCUT2D eigenvalue weighted by atomic mass is 10.2. The molecule has 1 amide bonds. The number of nitrogens with one attached hydrogen (secondary N) is 1. The maximum atomic E-state index is 12.5. The Kier molecular flexibility index (Phi) is 2.92. The van der Waals surface area contributed by atoms with Crippen LogP contribution in [0.15, 0.2) is 18.5 Å². The highest BCUT2D eigenvalue weighted by Gasteiger charge is 2.05. The standard InChI is InChI=1S/C8H6FN3O/c9-7-3-6(4-11-5-7)8(13)12-2-1-10/h3-5H,2H2,(H,12,13). The van der Waals surface area contributed by atoms with Crippen molar-refractivity contribution in [2.75, 3.05) is 6.54 Å². The smallest absolute Gasteiger partial charge is 0.253 e. The van der Waals surface area contributed by atoms with E-state index >= 15 is 0 Å². The van der Waals surface area contributed by atoms with Gasteiger partial charge in [0.1, 0.15) is 12.4 Å². The van der Waals surface area contributed by atoms with Crippen molar-refractivity contribution in [1.82, 2.24) is 10.3 Å². The molecule has 0 aliphatic carbocycles. The number of carbonyl (C=O) groups is 1. The van der Waals surface area contributed by atoms with Gasteiger partial charge in [-0.15, -0.1) is 0 Å². The van der Waals surface area contributed by atoms with Crippen LogP contribution in [0.2, 0.25) is 0 Å². The fraction of sp³-hybridized carbons (Fsp3) is 0.125. The first kappa shape index (κ1) is 9.13. The summed E-state index contributed by atoms with van der Waals surface area (Å²) in [7, 11) is 0. The summed E-state index contributed by atoms with van der Waals surface area (Å²) >= 11 is 0. The van der Waals surface area contributed by atoms with Crippen LogP contribution in [0.4, 0.5) is 4.39 Å². The topological polar surface area (TPSA) is 65.8 Å². The zero-order valence-corrected chi connectivity index (χ0v) is 6.62. The highest BCUT2D eigenvalue weighted by molar-refractivity contribution is 5.93. The third-order valence-electron chi connectivity index (χ3n) is 1.30. The molecular formula is C8H6FN3O.